The quantitative estimate of drug-likeness (QED) is 0.782. The molecule has 0 saturated heterocycles. The molecule has 0 atom stereocenters. The van der Waals surface area contributed by atoms with Gasteiger partial charge in [0.1, 0.15) is 0 Å². The van der Waals surface area contributed by atoms with E-state index in [-0.39, 0.29) is 0 Å². The molecule has 108 valence electrons. The van der Waals surface area contributed by atoms with E-state index in [0.29, 0.717) is 0 Å². The standard InChI is InChI=1S/C16H19N5/c1-13-15(10-19-20(13)2)9-18-16-5-3-4-14(8-16)11-21-7-6-17-12-21/h3-8,10,12,18H,9,11H2,1-2H3. The third-order valence-corrected chi connectivity index (χ3v) is 3.67. The number of aryl methyl sites for hydroxylation is 1. The van der Waals surface area contributed by atoms with Crippen LogP contribution in [0.15, 0.2) is 49.2 Å². The first-order valence-corrected chi connectivity index (χ1v) is 6.98. The van der Waals surface area contributed by atoms with Gasteiger partial charge in [-0.1, -0.05) is 12.1 Å². The van der Waals surface area contributed by atoms with Crippen molar-refractivity contribution in [2.75, 3.05) is 5.32 Å². The van der Waals surface area contributed by atoms with Gasteiger partial charge in [0.05, 0.1) is 12.5 Å². The molecule has 5 nitrogen and oxygen atoms in total. The van der Waals surface area contributed by atoms with Crippen molar-refractivity contribution in [1.82, 2.24) is 19.3 Å². The highest BCUT2D eigenvalue weighted by atomic mass is 15.3. The number of benzene rings is 1. The smallest absolute Gasteiger partial charge is 0.0949 e. The minimum absolute atomic E-state index is 0.786. The molecule has 0 aliphatic rings. The fourth-order valence-corrected chi connectivity index (χ4v) is 2.29. The first-order valence-electron chi connectivity index (χ1n) is 6.98. The number of rotatable bonds is 5. The number of nitrogens with zero attached hydrogens (tertiary/aromatic N) is 4. The van der Waals surface area contributed by atoms with Gasteiger partial charge < -0.3 is 9.88 Å². The molecule has 0 aliphatic carbocycles. The number of nitrogens with one attached hydrogen (secondary N) is 1. The number of hydrogen-bond acceptors (Lipinski definition) is 3. The van der Waals surface area contributed by atoms with Crippen LogP contribution in [0.1, 0.15) is 16.8 Å². The van der Waals surface area contributed by atoms with Crippen molar-refractivity contribution in [2.24, 2.45) is 7.05 Å². The predicted molar refractivity (Wildman–Crippen MR) is 83.0 cm³/mol. The highest BCUT2D eigenvalue weighted by Crippen LogP contribution is 2.14. The zero-order chi connectivity index (χ0) is 14.7. The lowest BCUT2D eigenvalue weighted by Gasteiger charge is -2.09. The van der Waals surface area contributed by atoms with E-state index in [9.17, 15) is 0 Å². The van der Waals surface area contributed by atoms with Crippen LogP contribution in [0.4, 0.5) is 5.69 Å². The zero-order valence-corrected chi connectivity index (χ0v) is 12.3. The van der Waals surface area contributed by atoms with E-state index >= 15 is 0 Å². The Morgan fingerprint density at radius 2 is 2.19 bits per heavy atom. The molecule has 21 heavy (non-hydrogen) atoms. The first-order chi connectivity index (χ1) is 10.2. The Balaban J connectivity index is 1.67. The van der Waals surface area contributed by atoms with Gasteiger partial charge in [-0.3, -0.25) is 4.68 Å². The highest BCUT2D eigenvalue weighted by molar-refractivity contribution is 5.46. The lowest BCUT2D eigenvalue weighted by atomic mass is 10.2. The fraction of sp³-hybridized carbons (Fsp3) is 0.250. The Labute approximate surface area is 124 Å². The van der Waals surface area contributed by atoms with Gasteiger partial charge in [-0.05, 0) is 24.6 Å². The molecule has 0 radical (unpaired) electrons. The molecule has 5 heteroatoms. The van der Waals surface area contributed by atoms with Gasteiger partial charge in [0.25, 0.3) is 0 Å². The van der Waals surface area contributed by atoms with Gasteiger partial charge in [-0.15, -0.1) is 0 Å². The highest BCUT2D eigenvalue weighted by Gasteiger charge is 2.03. The summed E-state index contributed by atoms with van der Waals surface area (Å²) in [5, 5.41) is 7.72. The first kappa shape index (κ1) is 13.4. The lowest BCUT2D eigenvalue weighted by Crippen LogP contribution is -2.02. The second-order valence-electron chi connectivity index (χ2n) is 5.17. The van der Waals surface area contributed by atoms with Crippen molar-refractivity contribution in [1.29, 1.82) is 0 Å². The van der Waals surface area contributed by atoms with E-state index in [1.165, 1.54) is 16.8 Å². The molecule has 0 amide bonds. The SMILES string of the molecule is Cc1c(CNc2cccc(Cn3ccnc3)c2)cnn1C. The Bertz CT molecular complexity index is 712. The Hall–Kier alpha value is -2.56. The predicted octanol–water partition coefficient (Wildman–Crippen LogP) is 2.59. The van der Waals surface area contributed by atoms with Crippen molar-refractivity contribution in [3.05, 3.63) is 66.0 Å². The molecule has 3 aromatic rings. The molecular formula is C16H19N5. The molecule has 0 spiro atoms. The molecule has 2 heterocycles. The molecule has 0 fully saturated rings. The summed E-state index contributed by atoms with van der Waals surface area (Å²) in [7, 11) is 1.96. The Morgan fingerprint density at radius 3 is 2.90 bits per heavy atom. The van der Waals surface area contributed by atoms with Gasteiger partial charge in [0.2, 0.25) is 0 Å². The van der Waals surface area contributed by atoms with Gasteiger partial charge in [-0.2, -0.15) is 5.10 Å². The number of hydrogen-bond donors (Lipinski definition) is 1. The summed E-state index contributed by atoms with van der Waals surface area (Å²) in [6.07, 6.45) is 7.52. The van der Waals surface area contributed by atoms with E-state index in [1.54, 1.807) is 6.20 Å². The molecule has 2 aromatic heterocycles. The third kappa shape index (κ3) is 3.13. The lowest BCUT2D eigenvalue weighted by molar-refractivity contribution is 0.738. The number of imidazole rings is 1. The molecule has 0 aliphatic heterocycles. The van der Waals surface area contributed by atoms with Crippen molar-refractivity contribution in [3.8, 4) is 0 Å². The van der Waals surface area contributed by atoms with Crippen LogP contribution in [-0.4, -0.2) is 19.3 Å². The molecule has 1 N–H and O–H groups in total. The Kier molecular flexibility index (Phi) is 3.73. The van der Waals surface area contributed by atoms with Gasteiger partial charge in [0, 0.05) is 49.5 Å². The van der Waals surface area contributed by atoms with Crippen LogP contribution in [0.5, 0.6) is 0 Å². The second-order valence-corrected chi connectivity index (χ2v) is 5.17. The monoisotopic (exact) mass is 281 g/mol. The molecule has 3 rings (SSSR count). The summed E-state index contributed by atoms with van der Waals surface area (Å²) in [5.74, 6) is 0. The fourth-order valence-electron chi connectivity index (χ4n) is 2.29. The average molecular weight is 281 g/mol. The second kappa shape index (κ2) is 5.83. The molecular weight excluding hydrogens is 262 g/mol. The van der Waals surface area contributed by atoms with Crippen LogP contribution in [0.25, 0.3) is 0 Å². The topological polar surface area (TPSA) is 47.7 Å². The van der Waals surface area contributed by atoms with E-state index < -0.39 is 0 Å². The Morgan fingerprint density at radius 1 is 1.29 bits per heavy atom. The van der Waals surface area contributed by atoms with Crippen LogP contribution in [0, 0.1) is 6.92 Å². The van der Waals surface area contributed by atoms with E-state index in [1.807, 2.05) is 30.5 Å². The van der Waals surface area contributed by atoms with Crippen LogP contribution in [0.2, 0.25) is 0 Å². The van der Waals surface area contributed by atoms with Crippen molar-refractivity contribution in [2.45, 2.75) is 20.0 Å². The normalized spacial score (nSPS) is 10.8. The maximum atomic E-state index is 4.26. The molecule has 0 bridgehead atoms. The minimum Gasteiger partial charge on any atom is -0.381 e. The summed E-state index contributed by atoms with van der Waals surface area (Å²) in [6.45, 7) is 3.70. The molecule has 1 aromatic carbocycles. The van der Waals surface area contributed by atoms with E-state index in [0.717, 1.165) is 18.8 Å². The van der Waals surface area contributed by atoms with Crippen molar-refractivity contribution in [3.63, 3.8) is 0 Å². The van der Waals surface area contributed by atoms with E-state index in [2.05, 4.69) is 51.2 Å². The summed E-state index contributed by atoms with van der Waals surface area (Å²) in [5.41, 5.74) is 4.78. The summed E-state index contributed by atoms with van der Waals surface area (Å²) >= 11 is 0. The molecule has 0 unspecified atom stereocenters. The maximum Gasteiger partial charge on any atom is 0.0949 e. The van der Waals surface area contributed by atoms with E-state index in [4.69, 9.17) is 0 Å². The molecule has 0 saturated carbocycles. The summed E-state index contributed by atoms with van der Waals surface area (Å²) < 4.78 is 3.96. The van der Waals surface area contributed by atoms with Crippen LogP contribution in [0.3, 0.4) is 0 Å². The third-order valence-electron chi connectivity index (χ3n) is 3.67. The number of aromatic nitrogens is 4. The van der Waals surface area contributed by atoms with Crippen molar-refractivity contribution < 1.29 is 0 Å². The van der Waals surface area contributed by atoms with Crippen LogP contribution >= 0.6 is 0 Å². The van der Waals surface area contributed by atoms with Crippen LogP contribution in [-0.2, 0) is 20.1 Å². The number of anilines is 1. The zero-order valence-electron chi connectivity index (χ0n) is 12.3. The minimum atomic E-state index is 0.786. The van der Waals surface area contributed by atoms with Crippen LogP contribution < -0.4 is 5.32 Å². The van der Waals surface area contributed by atoms with Gasteiger partial charge in [0.15, 0.2) is 0 Å². The van der Waals surface area contributed by atoms with Gasteiger partial charge >= 0.3 is 0 Å². The van der Waals surface area contributed by atoms with Crippen molar-refractivity contribution >= 4 is 5.69 Å². The summed E-state index contributed by atoms with van der Waals surface area (Å²) in [6, 6.07) is 8.46. The maximum absolute atomic E-state index is 4.26. The van der Waals surface area contributed by atoms with Gasteiger partial charge in [-0.25, -0.2) is 4.98 Å². The largest absolute Gasteiger partial charge is 0.381 e. The summed E-state index contributed by atoms with van der Waals surface area (Å²) in [4.78, 5) is 4.07. The average Bonchev–Trinajstić information content (AvgIpc) is 3.10.